The number of nitrogens with zero attached hydrogens (tertiary/aromatic N) is 1. The highest BCUT2D eigenvalue weighted by atomic mass is 16.5. The molecule has 2 heterocycles. The molecule has 0 spiro atoms. The number of hydrogen-bond acceptors (Lipinski definition) is 4. The maximum atomic E-state index is 11.9. The fourth-order valence-electron chi connectivity index (χ4n) is 1.72. The quantitative estimate of drug-likeness (QED) is 0.765. The van der Waals surface area contributed by atoms with Gasteiger partial charge in [-0.2, -0.15) is 0 Å². The van der Waals surface area contributed by atoms with Crippen molar-refractivity contribution >= 4 is 11.7 Å². The number of aromatic nitrogens is 1. The zero-order valence-electron chi connectivity index (χ0n) is 9.19. The van der Waals surface area contributed by atoms with E-state index in [4.69, 9.17) is 10.5 Å². The number of pyridine rings is 1. The van der Waals surface area contributed by atoms with Crippen molar-refractivity contribution in [1.82, 2.24) is 10.3 Å². The number of nitrogens with two attached hydrogens (primary N) is 1. The average molecular weight is 221 g/mol. The Morgan fingerprint density at radius 3 is 3.12 bits per heavy atom. The Morgan fingerprint density at radius 2 is 2.50 bits per heavy atom. The first kappa shape index (κ1) is 10.9. The smallest absolute Gasteiger partial charge is 0.255 e. The second kappa shape index (κ2) is 4.09. The highest BCUT2D eigenvalue weighted by Crippen LogP contribution is 2.19. The molecular weight excluding hydrogens is 206 g/mol. The fraction of sp³-hybridized carbons (Fsp3) is 0.455. The second-order valence-electron chi connectivity index (χ2n) is 4.25. The zero-order valence-corrected chi connectivity index (χ0v) is 9.19. The van der Waals surface area contributed by atoms with Gasteiger partial charge in [-0.15, -0.1) is 0 Å². The minimum absolute atomic E-state index is 0.196. The third kappa shape index (κ3) is 2.14. The van der Waals surface area contributed by atoms with Gasteiger partial charge in [0.2, 0.25) is 0 Å². The minimum Gasteiger partial charge on any atom is -0.383 e. The Morgan fingerprint density at radius 1 is 1.69 bits per heavy atom. The first-order valence-corrected chi connectivity index (χ1v) is 5.21. The molecule has 3 N–H and O–H groups in total. The molecule has 0 aromatic carbocycles. The Labute approximate surface area is 94.0 Å². The molecule has 1 unspecified atom stereocenters. The van der Waals surface area contributed by atoms with Crippen LogP contribution >= 0.6 is 0 Å². The lowest BCUT2D eigenvalue weighted by molar-refractivity contribution is 0.0890. The molecule has 1 aromatic heterocycles. The van der Waals surface area contributed by atoms with Gasteiger partial charge in [-0.05, 0) is 25.5 Å². The lowest BCUT2D eigenvalue weighted by atomic mass is 10.0. The largest absolute Gasteiger partial charge is 0.383 e. The minimum atomic E-state index is -0.292. The van der Waals surface area contributed by atoms with Crippen LogP contribution in [0.1, 0.15) is 23.7 Å². The standard InChI is InChI=1S/C11H15N3O2/c1-11(4-6-16-7-11)14-10(15)8-3-2-5-13-9(8)12/h2-3,5H,4,6-7H2,1H3,(H2,12,13)(H,14,15). The van der Waals surface area contributed by atoms with Gasteiger partial charge in [-0.3, -0.25) is 4.79 Å². The summed E-state index contributed by atoms with van der Waals surface area (Å²) in [4.78, 5) is 15.8. The molecule has 1 fully saturated rings. The van der Waals surface area contributed by atoms with Gasteiger partial charge in [0.05, 0.1) is 17.7 Å². The summed E-state index contributed by atoms with van der Waals surface area (Å²) in [6.45, 7) is 3.18. The number of amides is 1. The molecule has 1 amide bonds. The van der Waals surface area contributed by atoms with E-state index < -0.39 is 0 Å². The van der Waals surface area contributed by atoms with Crippen molar-refractivity contribution < 1.29 is 9.53 Å². The maximum absolute atomic E-state index is 11.9. The monoisotopic (exact) mass is 221 g/mol. The molecular formula is C11H15N3O2. The van der Waals surface area contributed by atoms with E-state index in [2.05, 4.69) is 10.3 Å². The molecule has 0 radical (unpaired) electrons. The van der Waals surface area contributed by atoms with E-state index in [-0.39, 0.29) is 17.3 Å². The molecule has 86 valence electrons. The zero-order chi connectivity index (χ0) is 11.6. The van der Waals surface area contributed by atoms with Crippen LogP contribution in [-0.4, -0.2) is 29.6 Å². The molecule has 5 nitrogen and oxygen atoms in total. The Hall–Kier alpha value is -1.62. The molecule has 1 aromatic rings. The first-order valence-electron chi connectivity index (χ1n) is 5.21. The molecule has 0 aliphatic carbocycles. The third-order valence-corrected chi connectivity index (χ3v) is 2.72. The third-order valence-electron chi connectivity index (χ3n) is 2.72. The van der Waals surface area contributed by atoms with E-state index in [1.165, 1.54) is 0 Å². The lowest BCUT2D eigenvalue weighted by Crippen LogP contribution is -2.46. The number of ether oxygens (including phenoxy) is 1. The van der Waals surface area contributed by atoms with Crippen LogP contribution in [0.25, 0.3) is 0 Å². The molecule has 1 saturated heterocycles. The van der Waals surface area contributed by atoms with Crippen molar-refractivity contribution in [3.05, 3.63) is 23.9 Å². The summed E-state index contributed by atoms with van der Waals surface area (Å²) in [7, 11) is 0. The van der Waals surface area contributed by atoms with Crippen molar-refractivity contribution in [2.75, 3.05) is 18.9 Å². The van der Waals surface area contributed by atoms with E-state index in [0.29, 0.717) is 18.8 Å². The van der Waals surface area contributed by atoms with Gasteiger partial charge in [0.15, 0.2) is 0 Å². The number of carbonyl (C=O) groups is 1. The highest BCUT2D eigenvalue weighted by molar-refractivity contribution is 5.98. The van der Waals surface area contributed by atoms with Crippen molar-refractivity contribution in [2.24, 2.45) is 0 Å². The summed E-state index contributed by atoms with van der Waals surface area (Å²) >= 11 is 0. The Kier molecular flexibility index (Phi) is 2.78. The number of carbonyl (C=O) groups excluding carboxylic acids is 1. The van der Waals surface area contributed by atoms with Crippen molar-refractivity contribution in [3.8, 4) is 0 Å². The summed E-state index contributed by atoms with van der Waals surface area (Å²) in [5.74, 6) is 0.0566. The van der Waals surface area contributed by atoms with Crippen LogP contribution in [0.4, 0.5) is 5.82 Å². The maximum Gasteiger partial charge on any atom is 0.255 e. The van der Waals surface area contributed by atoms with E-state index in [1.807, 2.05) is 6.92 Å². The summed E-state index contributed by atoms with van der Waals surface area (Å²) in [6.07, 6.45) is 2.38. The van der Waals surface area contributed by atoms with Gasteiger partial charge in [0.25, 0.3) is 5.91 Å². The number of nitrogen functional groups attached to an aromatic ring is 1. The number of nitrogens with one attached hydrogen (secondary N) is 1. The highest BCUT2D eigenvalue weighted by Gasteiger charge is 2.31. The predicted molar refractivity (Wildman–Crippen MR) is 60.0 cm³/mol. The van der Waals surface area contributed by atoms with Gasteiger partial charge in [0.1, 0.15) is 5.82 Å². The summed E-state index contributed by atoms with van der Waals surface area (Å²) in [6, 6.07) is 3.36. The van der Waals surface area contributed by atoms with E-state index in [9.17, 15) is 4.79 Å². The fourth-order valence-corrected chi connectivity index (χ4v) is 1.72. The topological polar surface area (TPSA) is 77.2 Å². The van der Waals surface area contributed by atoms with Gasteiger partial charge >= 0.3 is 0 Å². The molecule has 1 aliphatic heterocycles. The number of rotatable bonds is 2. The van der Waals surface area contributed by atoms with Crippen molar-refractivity contribution in [3.63, 3.8) is 0 Å². The Balaban J connectivity index is 2.11. The van der Waals surface area contributed by atoms with Crippen molar-refractivity contribution in [2.45, 2.75) is 18.9 Å². The van der Waals surface area contributed by atoms with E-state index >= 15 is 0 Å². The first-order chi connectivity index (χ1) is 7.61. The van der Waals surface area contributed by atoms with Gasteiger partial charge < -0.3 is 15.8 Å². The molecule has 1 aliphatic rings. The second-order valence-corrected chi connectivity index (χ2v) is 4.25. The summed E-state index contributed by atoms with van der Waals surface area (Å²) in [5, 5.41) is 2.93. The SMILES string of the molecule is CC1(NC(=O)c2cccnc2N)CCOC1. The molecule has 2 rings (SSSR count). The van der Waals surface area contributed by atoms with Crippen LogP contribution < -0.4 is 11.1 Å². The van der Waals surface area contributed by atoms with Gasteiger partial charge in [-0.25, -0.2) is 4.98 Å². The van der Waals surface area contributed by atoms with Crippen LogP contribution in [0.3, 0.4) is 0 Å². The predicted octanol–water partition coefficient (Wildman–Crippen LogP) is 0.573. The summed E-state index contributed by atoms with van der Waals surface area (Å²) < 4.78 is 5.27. The molecule has 0 saturated carbocycles. The van der Waals surface area contributed by atoms with Gasteiger partial charge in [-0.1, -0.05) is 0 Å². The lowest BCUT2D eigenvalue weighted by Gasteiger charge is -2.23. The van der Waals surface area contributed by atoms with Crippen LogP contribution in [0.5, 0.6) is 0 Å². The summed E-state index contributed by atoms with van der Waals surface area (Å²) in [5.41, 5.74) is 5.76. The van der Waals surface area contributed by atoms with Crippen LogP contribution in [0.15, 0.2) is 18.3 Å². The number of hydrogen-bond donors (Lipinski definition) is 2. The normalized spacial score (nSPS) is 24.3. The van der Waals surface area contributed by atoms with E-state index in [0.717, 1.165) is 6.42 Å². The van der Waals surface area contributed by atoms with Crippen LogP contribution in [0.2, 0.25) is 0 Å². The van der Waals surface area contributed by atoms with Crippen molar-refractivity contribution in [1.29, 1.82) is 0 Å². The van der Waals surface area contributed by atoms with Gasteiger partial charge in [0, 0.05) is 12.8 Å². The van der Waals surface area contributed by atoms with Crippen LogP contribution in [-0.2, 0) is 4.74 Å². The average Bonchev–Trinajstić information content (AvgIpc) is 2.65. The molecule has 16 heavy (non-hydrogen) atoms. The molecule has 5 heteroatoms. The molecule has 1 atom stereocenters. The van der Waals surface area contributed by atoms with E-state index in [1.54, 1.807) is 18.3 Å². The molecule has 0 bridgehead atoms. The van der Waals surface area contributed by atoms with Crippen LogP contribution in [0, 0.1) is 0 Å². The Bertz CT molecular complexity index is 400. The number of anilines is 1.